The maximum atomic E-state index is 13.3. The van der Waals surface area contributed by atoms with E-state index < -0.39 is 16.1 Å². The topological polar surface area (TPSA) is 86.8 Å². The van der Waals surface area contributed by atoms with Crippen LogP contribution in [0.5, 0.6) is 0 Å². The van der Waals surface area contributed by atoms with E-state index in [2.05, 4.69) is 11.4 Å². The number of amides is 2. The van der Waals surface area contributed by atoms with E-state index in [0.29, 0.717) is 50.3 Å². The van der Waals surface area contributed by atoms with Crippen LogP contribution in [-0.4, -0.2) is 61.7 Å². The van der Waals surface area contributed by atoms with Crippen molar-refractivity contribution < 1.29 is 18.0 Å². The number of allylic oxidation sites excluding steroid dienone is 1. The molecular weight excluding hydrogens is 450 g/mol. The average molecular weight is 488 g/mol. The molecule has 1 aliphatic carbocycles. The van der Waals surface area contributed by atoms with Crippen LogP contribution >= 0.6 is 0 Å². The molecular formula is C26H37N3O4S. The lowest BCUT2D eigenvalue weighted by molar-refractivity contribution is -0.142. The molecule has 0 aromatic heterocycles. The second-order valence-corrected chi connectivity index (χ2v) is 11.8. The van der Waals surface area contributed by atoms with E-state index in [1.807, 2.05) is 6.92 Å². The molecule has 1 atom stereocenters. The van der Waals surface area contributed by atoms with Crippen molar-refractivity contribution in [1.29, 1.82) is 0 Å². The molecule has 0 spiro atoms. The van der Waals surface area contributed by atoms with Crippen molar-refractivity contribution in [2.45, 2.75) is 75.6 Å². The first-order valence-corrected chi connectivity index (χ1v) is 14.1. The minimum absolute atomic E-state index is 0.0000210. The summed E-state index contributed by atoms with van der Waals surface area (Å²) in [5.74, 6) is -0.285. The number of benzene rings is 1. The molecule has 3 aliphatic rings. The van der Waals surface area contributed by atoms with Crippen molar-refractivity contribution in [2.24, 2.45) is 5.92 Å². The normalized spacial score (nSPS) is 22.4. The Hall–Kier alpha value is -2.19. The molecule has 8 heteroatoms. The second kappa shape index (κ2) is 11.0. The quantitative estimate of drug-likeness (QED) is 0.598. The van der Waals surface area contributed by atoms with Crippen molar-refractivity contribution in [3.05, 3.63) is 41.5 Å². The van der Waals surface area contributed by atoms with Gasteiger partial charge in [-0.3, -0.25) is 9.59 Å². The van der Waals surface area contributed by atoms with Gasteiger partial charge in [-0.15, -0.1) is 0 Å². The van der Waals surface area contributed by atoms with Crippen LogP contribution in [0.15, 0.2) is 40.8 Å². The highest BCUT2D eigenvalue weighted by Crippen LogP contribution is 2.28. The van der Waals surface area contributed by atoms with Gasteiger partial charge in [-0.25, -0.2) is 8.42 Å². The molecule has 1 aromatic carbocycles. The fourth-order valence-corrected chi connectivity index (χ4v) is 6.81. The predicted octanol–water partition coefficient (Wildman–Crippen LogP) is 3.39. The van der Waals surface area contributed by atoms with Gasteiger partial charge in [0.1, 0.15) is 6.04 Å². The summed E-state index contributed by atoms with van der Waals surface area (Å²) < 4.78 is 27.4. The molecule has 186 valence electrons. The van der Waals surface area contributed by atoms with Gasteiger partial charge in [0.15, 0.2) is 0 Å². The first-order chi connectivity index (χ1) is 16.4. The van der Waals surface area contributed by atoms with Gasteiger partial charge in [0.05, 0.1) is 4.90 Å². The maximum Gasteiger partial charge on any atom is 0.243 e. The fraction of sp³-hybridized carbons (Fsp3) is 0.615. The lowest BCUT2D eigenvalue weighted by Crippen LogP contribution is -2.50. The van der Waals surface area contributed by atoms with Crippen LogP contribution in [0.1, 0.15) is 63.4 Å². The zero-order valence-corrected chi connectivity index (χ0v) is 21.0. The highest BCUT2D eigenvalue weighted by atomic mass is 32.2. The summed E-state index contributed by atoms with van der Waals surface area (Å²) in [5.41, 5.74) is 2.44. The number of rotatable bonds is 7. The number of hydrogen-bond donors (Lipinski definition) is 1. The van der Waals surface area contributed by atoms with Gasteiger partial charge >= 0.3 is 0 Å². The Morgan fingerprint density at radius 3 is 2.41 bits per heavy atom. The molecule has 2 fully saturated rings. The number of carbonyl (C=O) groups excluding carboxylic acids is 2. The van der Waals surface area contributed by atoms with E-state index in [1.54, 1.807) is 29.2 Å². The molecule has 7 nitrogen and oxygen atoms in total. The third-order valence-electron chi connectivity index (χ3n) is 7.43. The number of piperidine rings is 1. The van der Waals surface area contributed by atoms with E-state index in [0.717, 1.165) is 31.2 Å². The number of sulfonamides is 1. The van der Waals surface area contributed by atoms with E-state index in [9.17, 15) is 18.0 Å². The van der Waals surface area contributed by atoms with Gasteiger partial charge < -0.3 is 10.2 Å². The van der Waals surface area contributed by atoms with Crippen molar-refractivity contribution in [3.8, 4) is 0 Å². The summed E-state index contributed by atoms with van der Waals surface area (Å²) in [6.45, 7) is 3.80. The van der Waals surface area contributed by atoms with Crippen molar-refractivity contribution in [3.63, 3.8) is 0 Å². The molecule has 1 N–H and O–H groups in total. The minimum atomic E-state index is -3.55. The molecule has 0 bridgehead atoms. The summed E-state index contributed by atoms with van der Waals surface area (Å²) in [4.78, 5) is 28.1. The van der Waals surface area contributed by atoms with Gasteiger partial charge in [-0.1, -0.05) is 29.3 Å². The van der Waals surface area contributed by atoms with Crippen LogP contribution in [-0.2, 0) is 19.6 Å². The third-order valence-corrected chi connectivity index (χ3v) is 9.34. The molecule has 0 saturated carbocycles. The lowest BCUT2D eigenvalue weighted by atomic mass is 9.96. The molecule has 2 amide bonds. The Morgan fingerprint density at radius 2 is 1.74 bits per heavy atom. The minimum Gasteiger partial charge on any atom is -0.354 e. The first-order valence-electron chi connectivity index (χ1n) is 12.7. The summed E-state index contributed by atoms with van der Waals surface area (Å²) in [6, 6.07) is 6.48. The van der Waals surface area contributed by atoms with Gasteiger partial charge in [-0.05, 0) is 76.8 Å². The summed E-state index contributed by atoms with van der Waals surface area (Å²) in [7, 11) is -3.55. The zero-order chi connectivity index (χ0) is 24.1. The largest absolute Gasteiger partial charge is 0.354 e. The highest BCUT2D eigenvalue weighted by molar-refractivity contribution is 7.89. The van der Waals surface area contributed by atoms with Gasteiger partial charge in [0, 0.05) is 32.1 Å². The Balaban J connectivity index is 1.29. The van der Waals surface area contributed by atoms with Gasteiger partial charge in [0.2, 0.25) is 21.8 Å². The lowest BCUT2D eigenvalue weighted by Gasteiger charge is -2.34. The van der Waals surface area contributed by atoms with E-state index >= 15 is 0 Å². The fourth-order valence-electron chi connectivity index (χ4n) is 5.34. The molecule has 1 unspecified atom stereocenters. The van der Waals surface area contributed by atoms with Crippen LogP contribution in [0.4, 0.5) is 0 Å². The maximum absolute atomic E-state index is 13.3. The van der Waals surface area contributed by atoms with E-state index in [1.165, 1.54) is 22.7 Å². The van der Waals surface area contributed by atoms with Crippen LogP contribution in [0.3, 0.4) is 0 Å². The van der Waals surface area contributed by atoms with Crippen LogP contribution < -0.4 is 5.32 Å². The first kappa shape index (κ1) is 24.9. The number of hydrogen-bond acceptors (Lipinski definition) is 4. The number of carbonyl (C=O) groups is 2. The number of nitrogens with one attached hydrogen (secondary N) is 1. The standard InChI is InChI=1S/C26H37N3O4S/c1-20-9-11-23(12-10-20)34(32,33)28-18-14-22(15-19-28)26(31)29-17-5-8-24(29)25(30)27-16-13-21-6-3-2-4-7-21/h6,9-12,22,24H,2-5,7-8,13-19H2,1H3,(H,27,30). The van der Waals surface area contributed by atoms with Gasteiger partial charge in [-0.2, -0.15) is 4.31 Å². The number of aryl methyl sites for hydroxylation is 1. The van der Waals surface area contributed by atoms with E-state index in [-0.39, 0.29) is 17.7 Å². The zero-order valence-electron chi connectivity index (χ0n) is 20.2. The number of nitrogens with zero attached hydrogens (tertiary/aromatic N) is 2. The Kier molecular flexibility index (Phi) is 8.09. The van der Waals surface area contributed by atoms with E-state index in [4.69, 9.17) is 0 Å². The Bertz CT molecular complexity index is 1010. The van der Waals surface area contributed by atoms with Crippen LogP contribution in [0.2, 0.25) is 0 Å². The molecule has 34 heavy (non-hydrogen) atoms. The Morgan fingerprint density at radius 1 is 1.00 bits per heavy atom. The van der Waals surface area contributed by atoms with Crippen LogP contribution in [0.25, 0.3) is 0 Å². The molecule has 0 radical (unpaired) electrons. The predicted molar refractivity (Wildman–Crippen MR) is 132 cm³/mol. The SMILES string of the molecule is Cc1ccc(S(=O)(=O)N2CCC(C(=O)N3CCCC3C(=O)NCCC3=CCCCC3)CC2)cc1. The second-order valence-electron chi connectivity index (χ2n) is 9.83. The summed E-state index contributed by atoms with van der Waals surface area (Å²) in [6.07, 6.45) is 10.4. The summed E-state index contributed by atoms with van der Waals surface area (Å²) in [5, 5.41) is 3.05. The Labute approximate surface area is 203 Å². The summed E-state index contributed by atoms with van der Waals surface area (Å²) >= 11 is 0. The molecule has 1 aromatic rings. The third kappa shape index (κ3) is 5.71. The monoisotopic (exact) mass is 487 g/mol. The highest BCUT2D eigenvalue weighted by Gasteiger charge is 2.39. The molecule has 2 heterocycles. The van der Waals surface area contributed by atoms with Gasteiger partial charge in [0.25, 0.3) is 0 Å². The number of likely N-dealkylation sites (tertiary alicyclic amines) is 1. The molecule has 2 aliphatic heterocycles. The average Bonchev–Trinajstić information content (AvgIpc) is 3.35. The van der Waals surface area contributed by atoms with Crippen LogP contribution in [0, 0.1) is 12.8 Å². The smallest absolute Gasteiger partial charge is 0.243 e. The van der Waals surface area contributed by atoms with Crippen molar-refractivity contribution >= 4 is 21.8 Å². The molecule has 2 saturated heterocycles. The van der Waals surface area contributed by atoms with Crippen molar-refractivity contribution in [2.75, 3.05) is 26.2 Å². The van der Waals surface area contributed by atoms with Crippen molar-refractivity contribution in [1.82, 2.24) is 14.5 Å². The molecule has 4 rings (SSSR count).